The molecular weight excluding hydrogens is 232 g/mol. The predicted octanol–water partition coefficient (Wildman–Crippen LogP) is 2.07. The number of hydrogen-bond donors (Lipinski definition) is 2. The average Bonchev–Trinajstić information content (AvgIpc) is 2.70. The van der Waals surface area contributed by atoms with E-state index in [1.807, 2.05) is 18.4 Å². The summed E-state index contributed by atoms with van der Waals surface area (Å²) < 4.78 is 0. The first-order chi connectivity index (χ1) is 8.15. The first-order valence-electron chi connectivity index (χ1n) is 5.93. The number of likely N-dealkylation sites (tertiary alicyclic amines) is 1. The quantitative estimate of drug-likeness (QED) is 0.809. The van der Waals surface area contributed by atoms with Crippen LogP contribution in [0.4, 0.5) is 0 Å². The number of rotatable bonds is 3. The number of phenolic OH excluding ortho intramolecular Hbond substituents is 1. The van der Waals surface area contributed by atoms with Gasteiger partial charge in [-0.15, -0.1) is 11.8 Å². The van der Waals surface area contributed by atoms with Crippen molar-refractivity contribution < 1.29 is 5.11 Å². The second-order valence-corrected chi connectivity index (χ2v) is 5.57. The van der Waals surface area contributed by atoms with Gasteiger partial charge in [-0.3, -0.25) is 4.90 Å². The van der Waals surface area contributed by atoms with Gasteiger partial charge in [-0.25, -0.2) is 0 Å². The predicted molar refractivity (Wildman–Crippen MR) is 72.4 cm³/mol. The number of phenols is 1. The Morgan fingerprint density at radius 3 is 2.82 bits per heavy atom. The first kappa shape index (κ1) is 12.7. The molecule has 0 spiro atoms. The van der Waals surface area contributed by atoms with E-state index in [1.54, 1.807) is 11.8 Å². The van der Waals surface area contributed by atoms with Crippen molar-refractivity contribution in [3.8, 4) is 5.75 Å². The van der Waals surface area contributed by atoms with Gasteiger partial charge in [-0.2, -0.15) is 0 Å². The van der Waals surface area contributed by atoms with Gasteiger partial charge < -0.3 is 10.8 Å². The van der Waals surface area contributed by atoms with Crippen molar-refractivity contribution in [2.24, 2.45) is 11.7 Å². The van der Waals surface area contributed by atoms with Gasteiger partial charge in [0.05, 0.1) is 0 Å². The van der Waals surface area contributed by atoms with Gasteiger partial charge in [-0.1, -0.05) is 6.07 Å². The normalized spacial score (nSPS) is 25.4. The smallest absolute Gasteiger partial charge is 0.129 e. The zero-order valence-corrected chi connectivity index (χ0v) is 11.2. The average molecular weight is 252 g/mol. The monoisotopic (exact) mass is 252 g/mol. The number of thioether (sulfide) groups is 1. The summed E-state index contributed by atoms with van der Waals surface area (Å²) in [5, 5.41) is 9.90. The van der Waals surface area contributed by atoms with Crippen LogP contribution in [0.2, 0.25) is 0 Å². The summed E-state index contributed by atoms with van der Waals surface area (Å²) in [6.07, 6.45) is 3.06. The summed E-state index contributed by atoms with van der Waals surface area (Å²) in [7, 11) is 2.12. The van der Waals surface area contributed by atoms with E-state index in [0.717, 1.165) is 24.4 Å². The van der Waals surface area contributed by atoms with Gasteiger partial charge in [0.1, 0.15) is 5.75 Å². The highest BCUT2D eigenvalue weighted by Gasteiger charge is 2.29. The van der Waals surface area contributed by atoms with Crippen LogP contribution in [0.15, 0.2) is 23.1 Å². The SMILES string of the molecule is CSc1ccc(C2CC(CN)CN2C)cc1O. The Hall–Kier alpha value is -0.710. The molecule has 1 aromatic rings. The molecular formula is C13H20N2OS. The fraction of sp³-hybridized carbons (Fsp3) is 0.538. The summed E-state index contributed by atoms with van der Waals surface area (Å²) in [4.78, 5) is 3.26. The van der Waals surface area contributed by atoms with Crippen LogP contribution in [0.25, 0.3) is 0 Å². The van der Waals surface area contributed by atoms with Crippen LogP contribution in [0.1, 0.15) is 18.0 Å². The Kier molecular flexibility index (Phi) is 3.97. The largest absolute Gasteiger partial charge is 0.507 e. The second kappa shape index (κ2) is 5.29. The van der Waals surface area contributed by atoms with Crippen LogP contribution >= 0.6 is 11.8 Å². The number of benzene rings is 1. The number of nitrogens with zero attached hydrogens (tertiary/aromatic N) is 1. The van der Waals surface area contributed by atoms with E-state index in [0.29, 0.717) is 17.7 Å². The summed E-state index contributed by atoms with van der Waals surface area (Å²) in [5.74, 6) is 0.965. The maximum Gasteiger partial charge on any atom is 0.129 e. The van der Waals surface area contributed by atoms with E-state index >= 15 is 0 Å². The van der Waals surface area contributed by atoms with E-state index in [-0.39, 0.29) is 0 Å². The van der Waals surface area contributed by atoms with Crippen molar-refractivity contribution in [2.75, 3.05) is 26.4 Å². The Morgan fingerprint density at radius 2 is 2.29 bits per heavy atom. The van der Waals surface area contributed by atoms with Crippen molar-refractivity contribution in [3.63, 3.8) is 0 Å². The van der Waals surface area contributed by atoms with E-state index in [9.17, 15) is 5.11 Å². The molecule has 2 atom stereocenters. The third kappa shape index (κ3) is 2.59. The molecule has 2 rings (SSSR count). The lowest BCUT2D eigenvalue weighted by atomic mass is 10.00. The molecule has 1 aliphatic heterocycles. The second-order valence-electron chi connectivity index (χ2n) is 4.72. The van der Waals surface area contributed by atoms with Crippen molar-refractivity contribution in [2.45, 2.75) is 17.4 Å². The highest BCUT2D eigenvalue weighted by molar-refractivity contribution is 7.98. The van der Waals surface area contributed by atoms with Crippen LogP contribution < -0.4 is 5.73 Å². The molecule has 2 unspecified atom stereocenters. The lowest BCUT2D eigenvalue weighted by molar-refractivity contribution is 0.312. The molecule has 1 fully saturated rings. The molecule has 0 aliphatic carbocycles. The maximum atomic E-state index is 9.90. The highest BCUT2D eigenvalue weighted by Crippen LogP contribution is 2.37. The standard InChI is InChI=1S/C13H20N2OS/c1-15-8-9(7-14)5-11(15)10-3-4-13(17-2)12(16)6-10/h3-4,6,9,11,16H,5,7-8,14H2,1-2H3. The topological polar surface area (TPSA) is 49.5 Å². The molecule has 4 heteroatoms. The van der Waals surface area contributed by atoms with Crippen molar-refractivity contribution in [1.82, 2.24) is 4.90 Å². The van der Waals surface area contributed by atoms with Gasteiger partial charge in [0.2, 0.25) is 0 Å². The molecule has 17 heavy (non-hydrogen) atoms. The first-order valence-corrected chi connectivity index (χ1v) is 7.15. The summed E-state index contributed by atoms with van der Waals surface area (Å²) >= 11 is 1.57. The molecule has 3 nitrogen and oxygen atoms in total. The summed E-state index contributed by atoms with van der Waals surface area (Å²) in [6.45, 7) is 1.79. The summed E-state index contributed by atoms with van der Waals surface area (Å²) in [5.41, 5.74) is 6.93. The Labute approximate surface area is 107 Å². The van der Waals surface area contributed by atoms with Gasteiger partial charge in [0.15, 0.2) is 0 Å². The van der Waals surface area contributed by atoms with Gasteiger partial charge in [0, 0.05) is 17.5 Å². The fourth-order valence-corrected chi connectivity index (χ4v) is 3.05. The minimum Gasteiger partial charge on any atom is -0.507 e. The number of hydrogen-bond acceptors (Lipinski definition) is 4. The molecule has 0 amide bonds. The zero-order valence-electron chi connectivity index (χ0n) is 10.4. The Bertz CT molecular complexity index is 397. The van der Waals surface area contributed by atoms with E-state index in [2.05, 4.69) is 18.0 Å². The molecule has 3 N–H and O–H groups in total. The maximum absolute atomic E-state index is 9.90. The van der Waals surface area contributed by atoms with Crippen LogP contribution in [0.3, 0.4) is 0 Å². The number of aromatic hydroxyl groups is 1. The summed E-state index contributed by atoms with van der Waals surface area (Å²) in [6, 6.07) is 6.40. The molecule has 0 bridgehead atoms. The van der Waals surface area contributed by atoms with Gasteiger partial charge in [0.25, 0.3) is 0 Å². The molecule has 1 aromatic carbocycles. The van der Waals surface area contributed by atoms with Crippen LogP contribution in [-0.2, 0) is 0 Å². The molecule has 1 heterocycles. The lowest BCUT2D eigenvalue weighted by Crippen LogP contribution is -2.20. The van der Waals surface area contributed by atoms with Crippen molar-refractivity contribution in [1.29, 1.82) is 0 Å². The van der Waals surface area contributed by atoms with Crippen LogP contribution in [0.5, 0.6) is 5.75 Å². The fourth-order valence-electron chi connectivity index (χ4n) is 2.58. The lowest BCUT2D eigenvalue weighted by Gasteiger charge is -2.20. The Balaban J connectivity index is 2.20. The molecule has 0 saturated carbocycles. The van der Waals surface area contributed by atoms with Crippen molar-refractivity contribution >= 4 is 11.8 Å². The minimum absolute atomic E-state index is 0.389. The van der Waals surface area contributed by atoms with Crippen molar-refractivity contribution in [3.05, 3.63) is 23.8 Å². The third-order valence-electron chi connectivity index (χ3n) is 3.56. The van der Waals surface area contributed by atoms with E-state index in [4.69, 9.17) is 5.73 Å². The number of nitrogens with two attached hydrogens (primary N) is 1. The van der Waals surface area contributed by atoms with Crippen LogP contribution in [-0.4, -0.2) is 36.4 Å². The van der Waals surface area contributed by atoms with Crippen LogP contribution in [0, 0.1) is 5.92 Å². The minimum atomic E-state index is 0.389. The molecule has 0 radical (unpaired) electrons. The van der Waals surface area contributed by atoms with E-state index in [1.165, 1.54) is 5.56 Å². The van der Waals surface area contributed by atoms with E-state index < -0.39 is 0 Å². The third-order valence-corrected chi connectivity index (χ3v) is 4.34. The highest BCUT2D eigenvalue weighted by atomic mass is 32.2. The molecule has 1 saturated heterocycles. The zero-order chi connectivity index (χ0) is 12.4. The Morgan fingerprint density at radius 1 is 1.53 bits per heavy atom. The van der Waals surface area contributed by atoms with Gasteiger partial charge >= 0.3 is 0 Å². The molecule has 0 aromatic heterocycles. The molecule has 94 valence electrons. The molecule has 1 aliphatic rings. The van der Waals surface area contributed by atoms with Gasteiger partial charge in [-0.05, 0) is 49.9 Å².